The quantitative estimate of drug-likeness (QED) is 0.438. The molecule has 2 rings (SSSR count). The summed E-state index contributed by atoms with van der Waals surface area (Å²) in [6.45, 7) is 7.83. The Balaban J connectivity index is 0.00000204. The third-order valence-corrected chi connectivity index (χ3v) is 4.77. The van der Waals surface area contributed by atoms with Crippen molar-refractivity contribution in [2.45, 2.75) is 52.9 Å². The van der Waals surface area contributed by atoms with Crippen LogP contribution in [0.1, 0.15) is 63.1 Å². The Labute approximate surface area is 181 Å². The normalized spacial score (nSPS) is 10.5. The first kappa shape index (κ1) is 25.1. The van der Waals surface area contributed by atoms with Crippen LogP contribution >= 0.6 is 23.2 Å². The summed E-state index contributed by atoms with van der Waals surface area (Å²) in [5, 5.41) is 19.2. The summed E-state index contributed by atoms with van der Waals surface area (Å²) >= 11 is 12.6. The maximum atomic E-state index is 14.8. The molecule has 0 fully saturated rings. The van der Waals surface area contributed by atoms with Crippen molar-refractivity contribution in [1.29, 1.82) is 0 Å². The van der Waals surface area contributed by atoms with Crippen molar-refractivity contribution >= 4 is 29.2 Å². The number of carboxylic acids is 1. The number of benzene rings is 2. The zero-order chi connectivity index (χ0) is 22.1. The molecule has 0 aromatic heterocycles. The number of aliphatic carboxylic acids is 1. The monoisotopic (exact) mass is 444 g/mol. The molecule has 0 radical (unpaired) electrons. The highest BCUT2D eigenvalue weighted by atomic mass is 35.5. The smallest absolute Gasteiger partial charge is 0.303 e. The van der Waals surface area contributed by atoms with Crippen LogP contribution in [0.5, 0.6) is 11.5 Å². The Hall–Kier alpha value is -1.98. The molecule has 0 bridgehead atoms. The first-order chi connectivity index (χ1) is 13.7. The lowest BCUT2D eigenvalue weighted by molar-refractivity contribution is -0.137. The van der Waals surface area contributed by atoms with Gasteiger partial charge in [0.2, 0.25) is 0 Å². The zero-order valence-corrected chi connectivity index (χ0v) is 18.6. The largest absolute Gasteiger partial charge is 0.508 e. The number of carbonyl (C=O) groups is 1. The van der Waals surface area contributed by atoms with E-state index in [2.05, 4.69) is 0 Å². The van der Waals surface area contributed by atoms with Crippen molar-refractivity contribution in [3.05, 3.63) is 56.8 Å². The molecule has 0 spiro atoms. The van der Waals surface area contributed by atoms with Crippen molar-refractivity contribution in [3.8, 4) is 11.5 Å². The number of aromatic hydroxyl groups is 1. The minimum absolute atomic E-state index is 0.0118. The fraction of sp³-hybridized carbons (Fsp3) is 0.409. The van der Waals surface area contributed by atoms with Crippen molar-refractivity contribution in [1.82, 2.24) is 0 Å². The van der Waals surface area contributed by atoms with Gasteiger partial charge in [-0.2, -0.15) is 0 Å². The molecule has 7 heteroatoms. The number of hydrogen-bond acceptors (Lipinski definition) is 3. The molecule has 160 valence electrons. The third-order valence-electron chi connectivity index (χ3n) is 4.10. The van der Waals surface area contributed by atoms with Gasteiger partial charge in [-0.3, -0.25) is 4.79 Å². The number of phenolic OH excluding ortho intramolecular Hbond substituents is 1. The fourth-order valence-electron chi connectivity index (χ4n) is 2.75. The maximum absolute atomic E-state index is 14.8. The van der Waals surface area contributed by atoms with E-state index in [9.17, 15) is 14.3 Å². The van der Waals surface area contributed by atoms with Crippen LogP contribution < -0.4 is 4.74 Å². The van der Waals surface area contributed by atoms with Gasteiger partial charge in [-0.05, 0) is 41.7 Å². The average molecular weight is 445 g/mol. The molecule has 0 saturated heterocycles. The number of carboxylic acid groups (broad SMARTS) is 1. The first-order valence-corrected chi connectivity index (χ1v) is 10.3. The Kier molecular flexibility index (Phi) is 10.3. The van der Waals surface area contributed by atoms with E-state index in [0.717, 1.165) is 0 Å². The number of ether oxygens (including phenoxy) is 1. The minimum atomic E-state index is -0.887. The zero-order valence-electron chi connectivity index (χ0n) is 17.1. The second kappa shape index (κ2) is 11.9. The molecule has 2 aromatic carbocycles. The molecular formula is C22H27Cl2FO4. The Morgan fingerprint density at radius 3 is 2.28 bits per heavy atom. The van der Waals surface area contributed by atoms with Gasteiger partial charge in [-0.15, -0.1) is 0 Å². The van der Waals surface area contributed by atoms with E-state index >= 15 is 0 Å². The molecular weight excluding hydrogens is 418 g/mol. The molecule has 0 unspecified atom stereocenters. The van der Waals surface area contributed by atoms with Gasteiger partial charge in [-0.25, -0.2) is 4.39 Å². The second-order valence-electron chi connectivity index (χ2n) is 6.51. The Morgan fingerprint density at radius 2 is 1.76 bits per heavy atom. The average Bonchev–Trinajstić information content (AvgIpc) is 2.64. The number of hydrogen-bond donors (Lipinski definition) is 2. The highest BCUT2D eigenvalue weighted by Crippen LogP contribution is 2.35. The van der Waals surface area contributed by atoms with Crippen molar-refractivity contribution in [2.75, 3.05) is 6.61 Å². The lowest BCUT2D eigenvalue weighted by atomic mass is 9.95. The molecule has 0 amide bonds. The highest BCUT2D eigenvalue weighted by molar-refractivity contribution is 6.36. The van der Waals surface area contributed by atoms with E-state index in [1.165, 1.54) is 12.1 Å². The molecule has 29 heavy (non-hydrogen) atoms. The van der Waals surface area contributed by atoms with Gasteiger partial charge in [0.05, 0.1) is 6.61 Å². The maximum Gasteiger partial charge on any atom is 0.303 e. The van der Waals surface area contributed by atoms with Crippen LogP contribution in [0.2, 0.25) is 10.0 Å². The fourth-order valence-corrected chi connectivity index (χ4v) is 3.35. The number of halogens is 3. The summed E-state index contributed by atoms with van der Waals surface area (Å²) in [4.78, 5) is 10.5. The van der Waals surface area contributed by atoms with Gasteiger partial charge in [0.1, 0.15) is 17.3 Å². The van der Waals surface area contributed by atoms with Crippen LogP contribution in [0, 0.1) is 5.82 Å². The van der Waals surface area contributed by atoms with Gasteiger partial charge in [0.15, 0.2) is 0 Å². The molecule has 0 aliphatic rings. The van der Waals surface area contributed by atoms with Gasteiger partial charge in [0, 0.05) is 28.5 Å². The number of phenols is 1. The van der Waals surface area contributed by atoms with Crippen LogP contribution in [0.3, 0.4) is 0 Å². The molecule has 0 aliphatic heterocycles. The van der Waals surface area contributed by atoms with E-state index < -0.39 is 11.8 Å². The summed E-state index contributed by atoms with van der Waals surface area (Å²) in [5.41, 5.74) is 1.20. The predicted octanol–water partition coefficient (Wildman–Crippen LogP) is 6.82. The third kappa shape index (κ3) is 7.09. The van der Waals surface area contributed by atoms with Gasteiger partial charge in [0.25, 0.3) is 0 Å². The summed E-state index contributed by atoms with van der Waals surface area (Å²) < 4.78 is 20.2. The van der Waals surface area contributed by atoms with Crippen LogP contribution in [0.25, 0.3) is 0 Å². The molecule has 0 aliphatic carbocycles. The van der Waals surface area contributed by atoms with Gasteiger partial charge >= 0.3 is 5.97 Å². The Morgan fingerprint density at radius 1 is 1.17 bits per heavy atom. The van der Waals surface area contributed by atoms with Crippen LogP contribution in [0.4, 0.5) is 4.39 Å². The predicted molar refractivity (Wildman–Crippen MR) is 115 cm³/mol. The van der Waals surface area contributed by atoms with Crippen LogP contribution in [-0.4, -0.2) is 22.8 Å². The summed E-state index contributed by atoms with van der Waals surface area (Å²) in [7, 11) is 0. The van der Waals surface area contributed by atoms with E-state index in [-0.39, 0.29) is 36.7 Å². The minimum Gasteiger partial charge on any atom is -0.508 e. The van der Waals surface area contributed by atoms with Crippen LogP contribution in [0.15, 0.2) is 24.3 Å². The standard InChI is InChI=1S/C20H21Cl2FO4.C2H6/c1-11(2)19-17(24)6-5-12(20(19)23)8-14-15(21)9-13(10-16(14)22)27-7-3-4-18(25)26;1-2/h5-6,9-11,24H,3-4,7-8H2,1-2H3,(H,25,26);1-2H3. The molecule has 0 atom stereocenters. The van der Waals surface area contributed by atoms with E-state index in [4.69, 9.17) is 33.0 Å². The van der Waals surface area contributed by atoms with E-state index in [1.807, 2.05) is 13.8 Å². The molecule has 4 nitrogen and oxygen atoms in total. The highest BCUT2D eigenvalue weighted by Gasteiger charge is 2.18. The SMILES string of the molecule is CC.CC(C)c1c(O)ccc(Cc2c(Cl)cc(OCCCC(=O)O)cc2Cl)c1F. The topological polar surface area (TPSA) is 66.8 Å². The van der Waals surface area contributed by atoms with E-state index in [1.54, 1.807) is 26.0 Å². The summed E-state index contributed by atoms with van der Waals surface area (Å²) in [6.07, 6.45) is 0.545. The van der Waals surface area contributed by atoms with Crippen molar-refractivity contribution in [3.63, 3.8) is 0 Å². The van der Waals surface area contributed by atoms with Gasteiger partial charge in [-0.1, -0.05) is 57.0 Å². The van der Waals surface area contributed by atoms with E-state index in [0.29, 0.717) is 33.3 Å². The lowest BCUT2D eigenvalue weighted by Gasteiger charge is -2.15. The summed E-state index contributed by atoms with van der Waals surface area (Å²) in [5.74, 6) is -1.17. The van der Waals surface area contributed by atoms with Crippen molar-refractivity contribution in [2.24, 2.45) is 0 Å². The summed E-state index contributed by atoms with van der Waals surface area (Å²) in [6, 6.07) is 6.13. The van der Waals surface area contributed by atoms with Crippen molar-refractivity contribution < 1.29 is 24.1 Å². The Bertz CT molecular complexity index is 815. The van der Waals surface area contributed by atoms with Crippen LogP contribution in [-0.2, 0) is 11.2 Å². The second-order valence-corrected chi connectivity index (χ2v) is 7.33. The first-order valence-electron chi connectivity index (χ1n) is 9.53. The molecule has 0 saturated carbocycles. The van der Waals surface area contributed by atoms with Gasteiger partial charge < -0.3 is 14.9 Å². The number of rotatable bonds is 8. The molecule has 2 aromatic rings. The molecule has 2 N–H and O–H groups in total. The lowest BCUT2D eigenvalue weighted by Crippen LogP contribution is -2.03. The molecule has 0 heterocycles.